The summed E-state index contributed by atoms with van der Waals surface area (Å²) in [6.45, 7) is 15.2. The van der Waals surface area contributed by atoms with Gasteiger partial charge in [0.1, 0.15) is 0 Å². The van der Waals surface area contributed by atoms with E-state index in [1.54, 1.807) is 6.07 Å². The highest BCUT2D eigenvalue weighted by Gasteiger charge is 2.15. The minimum atomic E-state index is -1.11. The van der Waals surface area contributed by atoms with E-state index in [4.69, 9.17) is 29.0 Å². The zero-order chi connectivity index (χ0) is 20.3. The van der Waals surface area contributed by atoms with Crippen molar-refractivity contribution in [1.29, 1.82) is 0 Å². The van der Waals surface area contributed by atoms with Crippen LogP contribution in [-0.2, 0) is 19.2 Å². The fourth-order valence-corrected chi connectivity index (χ4v) is 3.68. The van der Waals surface area contributed by atoms with Gasteiger partial charge in [0.15, 0.2) is 13.6 Å². The van der Waals surface area contributed by atoms with E-state index in [0.717, 1.165) is 12.1 Å². The van der Waals surface area contributed by atoms with Crippen molar-refractivity contribution in [3.05, 3.63) is 22.7 Å². The number of halogens is 1. The van der Waals surface area contributed by atoms with Crippen LogP contribution in [0.15, 0.2) is 22.7 Å². The first-order valence-corrected chi connectivity index (χ1v) is 17.3. The van der Waals surface area contributed by atoms with Crippen molar-refractivity contribution in [3.63, 3.8) is 0 Å². The Balaban J connectivity index is 2.32. The van der Waals surface area contributed by atoms with Crippen LogP contribution in [0.5, 0.6) is 11.5 Å². The standard InChI is InChI=1S/C18H33BrO6Si2/c1-26(2,3)12-10-20-14-22-24-17-9-7-8-16(19)18(17)25-23-15-21-11-13-27(4,5)6/h7-9H,10-15H2,1-6H3. The van der Waals surface area contributed by atoms with E-state index in [0.29, 0.717) is 29.2 Å². The Morgan fingerprint density at radius 3 is 1.81 bits per heavy atom. The lowest BCUT2D eigenvalue weighted by Crippen LogP contribution is -2.22. The molecule has 0 spiro atoms. The lowest BCUT2D eigenvalue weighted by atomic mass is 10.3. The molecule has 6 nitrogen and oxygen atoms in total. The lowest BCUT2D eigenvalue weighted by Gasteiger charge is -2.16. The van der Waals surface area contributed by atoms with Gasteiger partial charge in [-0.05, 0) is 40.2 Å². The lowest BCUT2D eigenvalue weighted by molar-refractivity contribution is -0.282. The van der Waals surface area contributed by atoms with Crippen LogP contribution in [0.2, 0.25) is 51.4 Å². The fraction of sp³-hybridized carbons (Fsp3) is 0.667. The summed E-state index contributed by atoms with van der Waals surface area (Å²) < 4.78 is 11.6. The predicted octanol–water partition coefficient (Wildman–Crippen LogP) is 5.69. The van der Waals surface area contributed by atoms with E-state index in [1.807, 2.05) is 12.1 Å². The molecule has 0 N–H and O–H groups in total. The molecule has 0 unspecified atom stereocenters. The molecule has 9 heteroatoms. The number of rotatable bonds is 14. The zero-order valence-corrected chi connectivity index (χ0v) is 20.9. The van der Waals surface area contributed by atoms with Crippen LogP contribution in [0.3, 0.4) is 0 Å². The summed E-state index contributed by atoms with van der Waals surface area (Å²) in [4.78, 5) is 20.9. The quantitative estimate of drug-likeness (QED) is 0.112. The second-order valence-corrected chi connectivity index (χ2v) is 20.7. The summed E-state index contributed by atoms with van der Waals surface area (Å²) in [7, 11) is -2.22. The molecule has 0 fully saturated rings. The van der Waals surface area contributed by atoms with E-state index in [-0.39, 0.29) is 13.6 Å². The number of hydrogen-bond donors (Lipinski definition) is 0. The Bertz CT molecular complexity index is 546. The Hall–Kier alpha value is -0.426. The molecule has 0 saturated heterocycles. The van der Waals surface area contributed by atoms with Gasteiger partial charge in [-0.1, -0.05) is 45.3 Å². The largest absolute Gasteiger partial charge is 0.351 e. The fourth-order valence-electron chi connectivity index (χ4n) is 1.75. The Morgan fingerprint density at radius 1 is 0.778 bits per heavy atom. The van der Waals surface area contributed by atoms with Gasteiger partial charge in [0.25, 0.3) is 0 Å². The van der Waals surface area contributed by atoms with Crippen LogP contribution in [0.25, 0.3) is 0 Å². The SMILES string of the molecule is C[Si](C)(C)CCOCOOc1cccc(Br)c1OOCOCC[Si](C)(C)C. The van der Waals surface area contributed by atoms with Crippen molar-refractivity contribution < 1.29 is 29.0 Å². The first-order valence-electron chi connectivity index (χ1n) is 9.11. The molecule has 0 atom stereocenters. The van der Waals surface area contributed by atoms with E-state index in [9.17, 15) is 0 Å². The Morgan fingerprint density at radius 2 is 1.30 bits per heavy atom. The number of ether oxygens (including phenoxy) is 2. The number of benzene rings is 1. The van der Waals surface area contributed by atoms with Gasteiger partial charge in [0.2, 0.25) is 11.5 Å². The molecule has 1 aromatic rings. The monoisotopic (exact) mass is 480 g/mol. The molecule has 0 aliphatic carbocycles. The molecule has 1 aromatic carbocycles. The summed E-state index contributed by atoms with van der Waals surface area (Å²) in [6, 6.07) is 7.50. The molecular weight excluding hydrogens is 448 g/mol. The van der Waals surface area contributed by atoms with Crippen molar-refractivity contribution in [3.8, 4) is 11.5 Å². The molecule has 27 heavy (non-hydrogen) atoms. The van der Waals surface area contributed by atoms with E-state index < -0.39 is 16.1 Å². The topological polar surface area (TPSA) is 55.4 Å². The van der Waals surface area contributed by atoms with Gasteiger partial charge < -0.3 is 19.2 Å². The van der Waals surface area contributed by atoms with Crippen molar-refractivity contribution >= 4 is 32.1 Å². The van der Waals surface area contributed by atoms with Gasteiger partial charge in [-0.3, -0.25) is 0 Å². The van der Waals surface area contributed by atoms with Crippen LogP contribution in [0.4, 0.5) is 0 Å². The van der Waals surface area contributed by atoms with Gasteiger partial charge in [0, 0.05) is 29.4 Å². The van der Waals surface area contributed by atoms with E-state index in [2.05, 4.69) is 55.2 Å². The molecule has 0 amide bonds. The molecule has 1 rings (SSSR count). The number of hydrogen-bond acceptors (Lipinski definition) is 6. The summed E-state index contributed by atoms with van der Waals surface area (Å²) in [5.41, 5.74) is 0. The van der Waals surface area contributed by atoms with Crippen LogP contribution in [0, 0.1) is 0 Å². The van der Waals surface area contributed by atoms with Crippen molar-refractivity contribution in [2.75, 3.05) is 26.8 Å². The van der Waals surface area contributed by atoms with E-state index >= 15 is 0 Å². The maximum atomic E-state index is 5.45. The average Bonchev–Trinajstić information content (AvgIpc) is 2.53. The third-order valence-corrected chi connectivity index (χ3v) is 7.51. The molecular formula is C18H33BrO6Si2. The maximum absolute atomic E-state index is 5.45. The molecule has 0 heterocycles. The van der Waals surface area contributed by atoms with Crippen LogP contribution in [0.1, 0.15) is 0 Å². The third-order valence-electron chi connectivity index (χ3n) is 3.48. The second kappa shape index (κ2) is 12.2. The summed E-state index contributed by atoms with van der Waals surface area (Å²) in [6.07, 6.45) is 0. The number of para-hydroxylation sites is 1. The van der Waals surface area contributed by atoms with Crippen LogP contribution in [-0.4, -0.2) is 42.9 Å². The average molecular weight is 482 g/mol. The van der Waals surface area contributed by atoms with Gasteiger partial charge in [0.05, 0.1) is 4.47 Å². The van der Waals surface area contributed by atoms with Gasteiger partial charge in [-0.15, -0.1) is 0 Å². The zero-order valence-electron chi connectivity index (χ0n) is 17.3. The van der Waals surface area contributed by atoms with Crippen molar-refractivity contribution in [2.24, 2.45) is 0 Å². The van der Waals surface area contributed by atoms with Crippen LogP contribution < -0.4 is 9.78 Å². The maximum Gasteiger partial charge on any atom is 0.225 e. The molecule has 0 aliphatic heterocycles. The summed E-state index contributed by atoms with van der Waals surface area (Å²) in [5.74, 6) is 0.772. The molecule has 0 aliphatic rings. The minimum Gasteiger partial charge on any atom is -0.351 e. The third kappa shape index (κ3) is 12.6. The minimum absolute atomic E-state index is 0.0475. The molecule has 0 bridgehead atoms. The first-order chi connectivity index (χ1) is 12.6. The normalized spacial score (nSPS) is 12.3. The van der Waals surface area contributed by atoms with Crippen LogP contribution >= 0.6 is 15.9 Å². The van der Waals surface area contributed by atoms with Crippen molar-refractivity contribution in [1.82, 2.24) is 0 Å². The van der Waals surface area contributed by atoms with Gasteiger partial charge >= 0.3 is 0 Å². The smallest absolute Gasteiger partial charge is 0.225 e. The Kier molecular flexibility index (Phi) is 11.1. The second-order valence-electron chi connectivity index (χ2n) is 8.64. The predicted molar refractivity (Wildman–Crippen MR) is 116 cm³/mol. The first kappa shape index (κ1) is 24.6. The van der Waals surface area contributed by atoms with Crippen molar-refractivity contribution in [2.45, 2.75) is 51.4 Å². The molecule has 0 aromatic heterocycles. The molecule has 0 radical (unpaired) electrons. The van der Waals surface area contributed by atoms with E-state index in [1.165, 1.54) is 0 Å². The molecule has 156 valence electrons. The highest BCUT2D eigenvalue weighted by molar-refractivity contribution is 9.10. The summed E-state index contributed by atoms with van der Waals surface area (Å²) in [5, 5.41) is 0. The highest BCUT2D eigenvalue weighted by atomic mass is 79.9. The molecule has 0 saturated carbocycles. The van der Waals surface area contributed by atoms with Gasteiger partial charge in [-0.2, -0.15) is 9.78 Å². The highest BCUT2D eigenvalue weighted by Crippen LogP contribution is 2.35. The Labute approximate surface area is 173 Å². The van der Waals surface area contributed by atoms with Gasteiger partial charge in [-0.25, -0.2) is 0 Å². The summed E-state index contributed by atoms with van der Waals surface area (Å²) >= 11 is 3.41.